The highest BCUT2D eigenvalue weighted by Crippen LogP contribution is 2.31. The van der Waals surface area contributed by atoms with E-state index in [1.165, 1.54) is 140 Å². The van der Waals surface area contributed by atoms with Crippen LogP contribution in [0.15, 0.2) is 261 Å². The smallest absolute Gasteiger partial charge is 0.200 e. The number of rotatable bonds is 8. The van der Waals surface area contributed by atoms with Gasteiger partial charge in [-0.05, 0) is 154 Å². The lowest BCUT2D eigenvalue weighted by Gasteiger charge is -2.10. The van der Waals surface area contributed by atoms with Crippen LogP contribution in [-0.2, 0) is 28.2 Å². The second-order valence-electron chi connectivity index (χ2n) is 22.7. The molecule has 4 heterocycles. The molecule has 0 N–H and O–H groups in total. The van der Waals surface area contributed by atoms with Crippen LogP contribution in [0.2, 0.25) is 0 Å². The predicted octanol–water partition coefficient (Wildman–Crippen LogP) is 18.2. The largest absolute Gasteiger partial charge is 0.212 e. The van der Waals surface area contributed by atoms with Crippen molar-refractivity contribution in [2.75, 3.05) is 0 Å². The molecule has 12 aromatic rings. The third kappa shape index (κ3) is 14.6. The second-order valence-corrected chi connectivity index (χ2v) is 22.7. The van der Waals surface area contributed by atoms with Gasteiger partial charge in [0, 0.05) is 68.8 Å². The molecule has 4 heteroatoms. The first-order valence-electron chi connectivity index (χ1n) is 29.5. The van der Waals surface area contributed by atoms with Gasteiger partial charge in [-0.2, -0.15) is 0 Å². The number of pyridine rings is 4. The quantitative estimate of drug-likeness (QED) is 0.135. The van der Waals surface area contributed by atoms with Gasteiger partial charge in [0.1, 0.15) is 28.2 Å². The molecule has 0 spiro atoms. The van der Waals surface area contributed by atoms with Gasteiger partial charge in [-0.1, -0.05) is 193 Å². The minimum atomic E-state index is 1.24. The zero-order valence-corrected chi connectivity index (χ0v) is 52.1. The van der Waals surface area contributed by atoms with Gasteiger partial charge in [-0.15, -0.1) is 0 Å². The highest BCUT2D eigenvalue weighted by molar-refractivity contribution is 5.73. The third-order valence-corrected chi connectivity index (χ3v) is 16.1. The lowest BCUT2D eigenvalue weighted by Crippen LogP contribution is -2.31. The van der Waals surface area contributed by atoms with E-state index >= 15 is 0 Å². The van der Waals surface area contributed by atoms with Crippen LogP contribution < -0.4 is 18.3 Å². The summed E-state index contributed by atoms with van der Waals surface area (Å²) < 4.78 is 8.88. The predicted molar refractivity (Wildman–Crippen MR) is 357 cm³/mol. The number of nitrogens with zero attached hydrogens (tertiary/aromatic N) is 4. The molecule has 422 valence electrons. The zero-order chi connectivity index (χ0) is 60.1. The van der Waals surface area contributed by atoms with Gasteiger partial charge in [-0.25, -0.2) is 18.3 Å². The molecule has 0 radical (unpaired) electrons. The van der Waals surface area contributed by atoms with Crippen LogP contribution in [0.4, 0.5) is 0 Å². The summed E-state index contributed by atoms with van der Waals surface area (Å²) in [5.41, 5.74) is 32.1. The fourth-order valence-corrected chi connectivity index (χ4v) is 11.4. The Hall–Kier alpha value is -9.64. The molecule has 4 aromatic heterocycles. The van der Waals surface area contributed by atoms with Crippen LogP contribution in [-0.4, -0.2) is 0 Å². The van der Waals surface area contributed by atoms with Gasteiger partial charge in [-0.3, -0.25) is 0 Å². The monoisotopic (exact) mass is 1110 g/mol. The number of aryl methyl sites for hydroxylation is 13. The Morgan fingerprint density at radius 1 is 0.188 bits per heavy atom. The average molecular weight is 1110 g/mol. The zero-order valence-electron chi connectivity index (χ0n) is 52.1. The van der Waals surface area contributed by atoms with Crippen LogP contribution >= 0.6 is 0 Å². The summed E-state index contributed by atoms with van der Waals surface area (Å²) in [5.74, 6) is 0. The van der Waals surface area contributed by atoms with Gasteiger partial charge in [0.25, 0.3) is 0 Å². The Bertz CT molecular complexity index is 4100. The highest BCUT2D eigenvalue weighted by Gasteiger charge is 2.20. The van der Waals surface area contributed by atoms with Crippen molar-refractivity contribution in [1.82, 2.24) is 0 Å². The van der Waals surface area contributed by atoms with Crippen molar-refractivity contribution in [2.24, 2.45) is 28.2 Å². The summed E-state index contributed by atoms with van der Waals surface area (Å²) in [6, 6.07) is 83.8. The molecule has 0 aliphatic heterocycles. The molecule has 4 nitrogen and oxygen atoms in total. The molecular weight excluding hydrogens is 1030 g/mol. The van der Waals surface area contributed by atoms with Crippen molar-refractivity contribution in [3.63, 3.8) is 0 Å². The van der Waals surface area contributed by atoms with Gasteiger partial charge in [0.2, 0.25) is 22.8 Å². The van der Waals surface area contributed by atoms with Crippen molar-refractivity contribution in [3.05, 3.63) is 311 Å². The number of hydrogen-bond acceptors (Lipinski definition) is 0. The first kappa shape index (κ1) is 60.0. The van der Waals surface area contributed by atoms with Crippen molar-refractivity contribution in [3.8, 4) is 89.5 Å². The Balaban J connectivity index is 0.000000136. The summed E-state index contributed by atoms with van der Waals surface area (Å²) in [5, 5.41) is 0. The van der Waals surface area contributed by atoms with Crippen molar-refractivity contribution >= 4 is 0 Å². The van der Waals surface area contributed by atoms with Crippen LogP contribution in [0.3, 0.4) is 0 Å². The maximum atomic E-state index is 2.29. The van der Waals surface area contributed by atoms with Crippen molar-refractivity contribution in [1.29, 1.82) is 0 Å². The minimum absolute atomic E-state index is 1.24. The molecule has 0 saturated heterocycles. The minimum Gasteiger partial charge on any atom is -0.200 e. The van der Waals surface area contributed by atoms with Gasteiger partial charge < -0.3 is 0 Å². The van der Waals surface area contributed by atoms with E-state index in [1.54, 1.807) is 0 Å². The lowest BCUT2D eigenvalue weighted by atomic mass is 9.97. The molecule has 8 aromatic carbocycles. The third-order valence-electron chi connectivity index (χ3n) is 16.1. The van der Waals surface area contributed by atoms with Gasteiger partial charge >= 0.3 is 0 Å². The maximum absolute atomic E-state index is 2.29. The molecule has 0 aliphatic rings. The standard InChI is InChI=1S/C21H22N.3C20H20N/c1-15-10-11-19(16(2)12-15)21-13-17(3)20(14-22(21)4)18-8-6-5-7-9-18;2*1-15-9-7-8-12-18(15)20-13-16(2)19(14-21(20)3)17-10-5-4-6-11-17;1-15-9-11-19(16(2)13-15)20-12-10-18(14-21(20)3)17-7-5-4-6-8-17/h5-14H,1-4H3;3*4-14H,1-3H3/q4*+1. The van der Waals surface area contributed by atoms with Crippen LogP contribution in [0, 0.1) is 62.3 Å². The number of benzene rings is 8. The second kappa shape index (κ2) is 27.6. The molecule has 0 aliphatic carbocycles. The van der Waals surface area contributed by atoms with E-state index < -0.39 is 0 Å². The van der Waals surface area contributed by atoms with E-state index in [9.17, 15) is 0 Å². The van der Waals surface area contributed by atoms with E-state index in [2.05, 4.69) is 364 Å². The Morgan fingerprint density at radius 2 is 0.471 bits per heavy atom. The van der Waals surface area contributed by atoms with Gasteiger partial charge in [0.05, 0.1) is 0 Å². The van der Waals surface area contributed by atoms with Crippen LogP contribution in [0.1, 0.15) is 50.1 Å². The summed E-state index contributed by atoms with van der Waals surface area (Å²) >= 11 is 0. The van der Waals surface area contributed by atoms with Crippen LogP contribution in [0.5, 0.6) is 0 Å². The van der Waals surface area contributed by atoms with Crippen molar-refractivity contribution in [2.45, 2.75) is 62.3 Å². The van der Waals surface area contributed by atoms with Gasteiger partial charge in [0.15, 0.2) is 24.8 Å². The summed E-state index contributed by atoms with van der Waals surface area (Å²) in [6.07, 6.45) is 8.89. The summed E-state index contributed by atoms with van der Waals surface area (Å²) in [6.45, 7) is 19.5. The molecule has 0 saturated carbocycles. The molecular formula is C81H82N4+4. The fraction of sp³-hybridized carbons (Fsp3) is 0.160. The average Bonchev–Trinajstić information content (AvgIpc) is 3.71. The van der Waals surface area contributed by atoms with Crippen LogP contribution in [0.25, 0.3) is 89.5 Å². The molecule has 0 amide bonds. The van der Waals surface area contributed by atoms with Crippen molar-refractivity contribution < 1.29 is 18.3 Å². The first-order chi connectivity index (χ1) is 41.0. The Labute approximate surface area is 507 Å². The topological polar surface area (TPSA) is 15.5 Å². The van der Waals surface area contributed by atoms with E-state index in [-0.39, 0.29) is 0 Å². The Kier molecular flexibility index (Phi) is 19.5. The molecule has 12 rings (SSSR count). The SMILES string of the molecule is Cc1cc(-c2ccccc2C)[n+](C)cc1-c1ccccc1.Cc1cc(-c2ccccc2C)[n+](C)cc1-c1ccccc1.Cc1ccc(-c2cc(C)c(-c3ccccc3)c[n+]2C)c(C)c1.Cc1ccc(-c2ccc(-c3ccccc3)c[n+]2C)c(C)c1. The fourth-order valence-electron chi connectivity index (χ4n) is 11.4. The first-order valence-corrected chi connectivity index (χ1v) is 29.5. The van der Waals surface area contributed by atoms with E-state index in [4.69, 9.17) is 0 Å². The van der Waals surface area contributed by atoms with E-state index in [1.807, 2.05) is 6.07 Å². The Morgan fingerprint density at radius 3 is 0.800 bits per heavy atom. The molecule has 0 bridgehead atoms. The highest BCUT2D eigenvalue weighted by atomic mass is 14.9. The lowest BCUT2D eigenvalue weighted by molar-refractivity contribution is -0.660. The molecule has 85 heavy (non-hydrogen) atoms. The molecule has 0 unspecified atom stereocenters. The maximum Gasteiger partial charge on any atom is 0.212 e. The molecule has 0 fully saturated rings. The number of aromatic nitrogens is 4. The summed E-state index contributed by atoms with van der Waals surface area (Å²) in [7, 11) is 8.48. The normalized spacial score (nSPS) is 10.6. The van der Waals surface area contributed by atoms with E-state index in [0.717, 1.165) is 0 Å². The van der Waals surface area contributed by atoms with E-state index in [0.29, 0.717) is 0 Å². The summed E-state index contributed by atoms with van der Waals surface area (Å²) in [4.78, 5) is 0. The number of hydrogen-bond donors (Lipinski definition) is 0. The molecule has 0 atom stereocenters.